The monoisotopic (exact) mass is 448 g/mol. The second-order valence-corrected chi connectivity index (χ2v) is 7.94. The van der Waals surface area contributed by atoms with Gasteiger partial charge in [-0.2, -0.15) is 4.99 Å². The second kappa shape index (κ2) is 9.15. The predicted molar refractivity (Wildman–Crippen MR) is 122 cm³/mol. The van der Waals surface area contributed by atoms with Crippen molar-refractivity contribution in [2.24, 2.45) is 4.99 Å². The molecule has 162 valence electrons. The summed E-state index contributed by atoms with van der Waals surface area (Å²) in [5.41, 5.74) is 1.50. The number of aromatic nitrogens is 1. The molecule has 4 aromatic rings. The van der Waals surface area contributed by atoms with Crippen molar-refractivity contribution in [1.82, 2.24) is 4.57 Å². The quantitative estimate of drug-likeness (QED) is 0.432. The Morgan fingerprint density at radius 3 is 2.47 bits per heavy atom. The van der Waals surface area contributed by atoms with Crippen molar-refractivity contribution in [2.45, 2.75) is 13.5 Å². The maximum atomic E-state index is 12.9. The minimum Gasteiger partial charge on any atom is -0.468 e. The van der Waals surface area contributed by atoms with Crippen LogP contribution in [-0.4, -0.2) is 36.1 Å². The molecular weight excluding hydrogens is 428 g/mol. The number of benzene rings is 3. The van der Waals surface area contributed by atoms with E-state index in [9.17, 15) is 14.4 Å². The number of ether oxygens (including phenoxy) is 2. The standard InChI is InChI=1S/C24H20N2O5S/c1-3-31-23(29)18-10-11-19-20(13-18)32-24(26(19)14-21(27)30-2)25-22(28)17-9-8-15-6-4-5-7-16(15)12-17/h4-13H,3,14H2,1-2H3. The molecule has 3 aromatic carbocycles. The van der Waals surface area contributed by atoms with E-state index in [1.54, 1.807) is 41.8 Å². The number of amides is 1. The molecule has 0 saturated carbocycles. The molecule has 0 radical (unpaired) electrons. The second-order valence-electron chi connectivity index (χ2n) is 6.93. The summed E-state index contributed by atoms with van der Waals surface area (Å²) in [7, 11) is 1.30. The number of methoxy groups -OCH3 is 1. The maximum absolute atomic E-state index is 12.9. The highest BCUT2D eigenvalue weighted by Crippen LogP contribution is 2.21. The summed E-state index contributed by atoms with van der Waals surface area (Å²) >= 11 is 1.21. The Balaban J connectivity index is 1.81. The summed E-state index contributed by atoms with van der Waals surface area (Å²) in [6.45, 7) is 1.89. The van der Waals surface area contributed by atoms with Crippen molar-refractivity contribution in [1.29, 1.82) is 0 Å². The largest absolute Gasteiger partial charge is 0.468 e. The van der Waals surface area contributed by atoms with Crippen LogP contribution in [0.5, 0.6) is 0 Å². The smallest absolute Gasteiger partial charge is 0.338 e. The van der Waals surface area contributed by atoms with Crippen LogP contribution < -0.4 is 4.80 Å². The minimum absolute atomic E-state index is 0.112. The summed E-state index contributed by atoms with van der Waals surface area (Å²) in [6, 6.07) is 18.1. The molecule has 0 bridgehead atoms. The van der Waals surface area contributed by atoms with Crippen molar-refractivity contribution >= 4 is 50.2 Å². The number of carbonyl (C=O) groups is 3. The molecule has 0 aliphatic heterocycles. The predicted octanol–water partition coefficient (Wildman–Crippen LogP) is 3.95. The zero-order valence-corrected chi connectivity index (χ0v) is 18.3. The molecule has 1 heterocycles. The summed E-state index contributed by atoms with van der Waals surface area (Å²) in [5.74, 6) is -1.33. The van der Waals surface area contributed by atoms with Crippen LogP contribution in [0, 0.1) is 0 Å². The van der Waals surface area contributed by atoms with Gasteiger partial charge in [0.05, 0.1) is 29.5 Å². The number of hydrogen-bond acceptors (Lipinski definition) is 6. The molecule has 1 amide bonds. The highest BCUT2D eigenvalue weighted by Gasteiger charge is 2.15. The molecule has 32 heavy (non-hydrogen) atoms. The highest BCUT2D eigenvalue weighted by atomic mass is 32.1. The molecule has 1 aromatic heterocycles. The molecule has 4 rings (SSSR count). The zero-order valence-electron chi connectivity index (χ0n) is 17.5. The van der Waals surface area contributed by atoms with Gasteiger partial charge in [-0.05, 0) is 48.0 Å². The van der Waals surface area contributed by atoms with Gasteiger partial charge in [-0.15, -0.1) is 0 Å². The topological polar surface area (TPSA) is 87.0 Å². The van der Waals surface area contributed by atoms with Crippen molar-refractivity contribution < 1.29 is 23.9 Å². The Morgan fingerprint density at radius 1 is 0.969 bits per heavy atom. The Labute approximate surface area is 187 Å². The maximum Gasteiger partial charge on any atom is 0.338 e. The van der Waals surface area contributed by atoms with Crippen LogP contribution >= 0.6 is 11.3 Å². The first-order valence-corrected chi connectivity index (χ1v) is 10.8. The summed E-state index contributed by atoms with van der Waals surface area (Å²) in [5, 5.41) is 1.96. The number of rotatable bonds is 5. The van der Waals surface area contributed by atoms with Crippen molar-refractivity contribution in [3.05, 3.63) is 76.6 Å². The molecule has 0 aliphatic rings. The molecule has 0 unspecified atom stereocenters. The molecule has 8 heteroatoms. The van der Waals surface area contributed by atoms with E-state index in [1.807, 2.05) is 30.3 Å². The van der Waals surface area contributed by atoms with Gasteiger partial charge in [-0.1, -0.05) is 41.7 Å². The molecule has 0 atom stereocenters. The van der Waals surface area contributed by atoms with Crippen LogP contribution in [0.15, 0.2) is 65.7 Å². The third kappa shape index (κ3) is 4.31. The Morgan fingerprint density at radius 2 is 1.72 bits per heavy atom. The Bertz CT molecular complexity index is 1420. The lowest BCUT2D eigenvalue weighted by molar-refractivity contribution is -0.141. The lowest BCUT2D eigenvalue weighted by atomic mass is 10.1. The summed E-state index contributed by atoms with van der Waals surface area (Å²) < 4.78 is 12.2. The van der Waals surface area contributed by atoms with Gasteiger partial charge in [0.2, 0.25) is 0 Å². The van der Waals surface area contributed by atoms with E-state index < -0.39 is 17.8 Å². The van der Waals surface area contributed by atoms with E-state index in [4.69, 9.17) is 9.47 Å². The average molecular weight is 449 g/mol. The zero-order chi connectivity index (χ0) is 22.7. The number of thiazole rings is 1. The van der Waals surface area contributed by atoms with Crippen LogP contribution in [-0.2, 0) is 20.8 Å². The summed E-state index contributed by atoms with van der Waals surface area (Å²) in [4.78, 5) is 41.7. The van der Waals surface area contributed by atoms with Gasteiger partial charge in [0.25, 0.3) is 5.91 Å². The van der Waals surface area contributed by atoms with Crippen LogP contribution in [0.1, 0.15) is 27.6 Å². The van der Waals surface area contributed by atoms with Gasteiger partial charge in [-0.25, -0.2) is 4.79 Å². The van der Waals surface area contributed by atoms with E-state index in [0.717, 1.165) is 10.8 Å². The number of esters is 2. The number of hydrogen-bond donors (Lipinski definition) is 0. The lowest BCUT2D eigenvalue weighted by Gasteiger charge is -2.05. The Hall–Kier alpha value is -3.78. The van der Waals surface area contributed by atoms with Gasteiger partial charge in [-0.3, -0.25) is 9.59 Å². The van der Waals surface area contributed by atoms with E-state index >= 15 is 0 Å². The van der Waals surface area contributed by atoms with Gasteiger partial charge >= 0.3 is 11.9 Å². The molecular formula is C24H20N2O5S. The molecule has 0 fully saturated rings. The fourth-order valence-electron chi connectivity index (χ4n) is 3.32. The molecule has 7 nitrogen and oxygen atoms in total. The number of carbonyl (C=O) groups excluding carboxylic acids is 3. The summed E-state index contributed by atoms with van der Waals surface area (Å²) in [6.07, 6.45) is 0. The van der Waals surface area contributed by atoms with Gasteiger partial charge in [0, 0.05) is 5.56 Å². The SMILES string of the molecule is CCOC(=O)c1ccc2c(c1)sc(=NC(=O)c1ccc3ccccc3c1)n2CC(=O)OC. The van der Waals surface area contributed by atoms with Gasteiger partial charge in [0.15, 0.2) is 4.80 Å². The van der Waals surface area contributed by atoms with Crippen molar-refractivity contribution in [3.63, 3.8) is 0 Å². The molecule has 0 saturated heterocycles. The fourth-order valence-corrected chi connectivity index (χ4v) is 4.39. The molecule has 0 spiro atoms. The first-order valence-electron chi connectivity index (χ1n) is 9.95. The normalized spacial score (nSPS) is 11.6. The van der Waals surface area contributed by atoms with Gasteiger partial charge in [0.1, 0.15) is 6.54 Å². The van der Waals surface area contributed by atoms with E-state index in [1.165, 1.54) is 18.4 Å². The molecule has 0 aliphatic carbocycles. The highest BCUT2D eigenvalue weighted by molar-refractivity contribution is 7.16. The minimum atomic E-state index is -0.473. The van der Waals surface area contributed by atoms with Crippen LogP contribution in [0.25, 0.3) is 21.0 Å². The average Bonchev–Trinajstić information content (AvgIpc) is 3.14. The fraction of sp³-hybridized carbons (Fsp3) is 0.167. The number of nitrogens with zero attached hydrogens (tertiary/aromatic N) is 2. The number of fused-ring (bicyclic) bond motifs is 2. The Kier molecular flexibility index (Phi) is 6.13. The van der Waals surface area contributed by atoms with E-state index in [-0.39, 0.29) is 13.2 Å². The van der Waals surface area contributed by atoms with Crippen LogP contribution in [0.4, 0.5) is 0 Å². The van der Waals surface area contributed by atoms with Crippen molar-refractivity contribution in [3.8, 4) is 0 Å². The first kappa shape index (κ1) is 21.5. The first-order chi connectivity index (χ1) is 15.5. The van der Waals surface area contributed by atoms with E-state index in [2.05, 4.69) is 4.99 Å². The van der Waals surface area contributed by atoms with Gasteiger partial charge < -0.3 is 14.0 Å². The van der Waals surface area contributed by atoms with Crippen molar-refractivity contribution in [2.75, 3.05) is 13.7 Å². The van der Waals surface area contributed by atoms with Crippen LogP contribution in [0.2, 0.25) is 0 Å². The third-order valence-corrected chi connectivity index (χ3v) is 5.94. The molecule has 0 N–H and O–H groups in total. The third-order valence-electron chi connectivity index (χ3n) is 4.90. The van der Waals surface area contributed by atoms with E-state index in [0.29, 0.717) is 26.1 Å². The van der Waals surface area contributed by atoms with Crippen LogP contribution in [0.3, 0.4) is 0 Å². The lowest BCUT2D eigenvalue weighted by Crippen LogP contribution is -2.22.